The van der Waals surface area contributed by atoms with Gasteiger partial charge in [0.25, 0.3) is 10.1 Å². The Labute approximate surface area is 129 Å². The van der Waals surface area contributed by atoms with Gasteiger partial charge in [-0.05, 0) is 16.9 Å². The Bertz CT molecular complexity index is 663. The summed E-state index contributed by atoms with van der Waals surface area (Å²) in [4.78, 5) is 0.0330. The van der Waals surface area contributed by atoms with Crippen molar-refractivity contribution >= 4 is 50.4 Å². The summed E-state index contributed by atoms with van der Waals surface area (Å²) < 4.78 is 32.4. The molecule has 0 amide bonds. The standard InChI is InChI=1S/C13H14O3S.Na.H/c1-9(2)11-8-7-10-5-3-4-6-12(10)13(11)17(14,15)16;;/h3-9H,1-2H3,(H,14,15,16);;. The van der Waals surface area contributed by atoms with E-state index < -0.39 is 10.1 Å². The number of benzene rings is 2. The maximum absolute atomic E-state index is 11.5. The van der Waals surface area contributed by atoms with Crippen molar-refractivity contribution in [2.75, 3.05) is 0 Å². The van der Waals surface area contributed by atoms with Crippen LogP contribution in [-0.2, 0) is 10.1 Å². The molecule has 0 aliphatic heterocycles. The third-order valence-electron chi connectivity index (χ3n) is 2.79. The molecule has 0 aliphatic carbocycles. The minimum atomic E-state index is -4.21. The summed E-state index contributed by atoms with van der Waals surface area (Å²) in [5.41, 5.74) is 0.645. The molecule has 0 aliphatic rings. The molecule has 0 atom stereocenters. The van der Waals surface area contributed by atoms with Gasteiger partial charge >= 0.3 is 29.6 Å². The fourth-order valence-corrected chi connectivity index (χ4v) is 3.07. The molecule has 0 saturated heterocycles. The van der Waals surface area contributed by atoms with Gasteiger partial charge in [0.1, 0.15) is 4.90 Å². The summed E-state index contributed by atoms with van der Waals surface area (Å²) in [6.07, 6.45) is 0. The van der Waals surface area contributed by atoms with Gasteiger partial charge in [-0.15, -0.1) is 0 Å². The number of fused-ring (bicyclic) bond motifs is 1. The van der Waals surface area contributed by atoms with Gasteiger partial charge in [-0.1, -0.05) is 50.2 Å². The predicted molar refractivity (Wildman–Crippen MR) is 75.0 cm³/mol. The molecule has 0 unspecified atom stereocenters. The van der Waals surface area contributed by atoms with E-state index >= 15 is 0 Å². The number of hydrogen-bond acceptors (Lipinski definition) is 2. The maximum atomic E-state index is 11.5. The van der Waals surface area contributed by atoms with E-state index in [0.717, 1.165) is 5.39 Å². The van der Waals surface area contributed by atoms with Crippen LogP contribution in [0.1, 0.15) is 25.3 Å². The van der Waals surface area contributed by atoms with Crippen molar-refractivity contribution in [3.63, 3.8) is 0 Å². The van der Waals surface area contributed by atoms with Crippen molar-refractivity contribution in [3.8, 4) is 0 Å². The molecule has 0 heterocycles. The first-order valence-corrected chi connectivity index (χ1v) is 6.84. The first-order chi connectivity index (χ1) is 7.91. The van der Waals surface area contributed by atoms with E-state index in [9.17, 15) is 13.0 Å². The fraction of sp³-hybridized carbons (Fsp3) is 0.231. The van der Waals surface area contributed by atoms with Gasteiger partial charge in [0.15, 0.2) is 0 Å². The first-order valence-electron chi connectivity index (χ1n) is 5.40. The number of hydrogen-bond donors (Lipinski definition) is 1. The van der Waals surface area contributed by atoms with Crippen LogP contribution in [0.4, 0.5) is 0 Å². The zero-order valence-electron chi connectivity index (χ0n) is 9.71. The molecule has 92 valence electrons. The minimum absolute atomic E-state index is 0. The van der Waals surface area contributed by atoms with Crippen molar-refractivity contribution in [3.05, 3.63) is 42.0 Å². The molecule has 3 nitrogen and oxygen atoms in total. The van der Waals surface area contributed by atoms with Crippen molar-refractivity contribution in [2.45, 2.75) is 24.7 Å². The van der Waals surface area contributed by atoms with E-state index in [-0.39, 0.29) is 40.4 Å². The normalized spacial score (nSPS) is 11.6. The van der Waals surface area contributed by atoms with E-state index in [2.05, 4.69) is 0 Å². The van der Waals surface area contributed by atoms with Crippen molar-refractivity contribution in [2.24, 2.45) is 0 Å². The van der Waals surface area contributed by atoms with Gasteiger partial charge in [-0.2, -0.15) is 8.42 Å². The second kappa shape index (κ2) is 5.72. The summed E-state index contributed by atoms with van der Waals surface area (Å²) >= 11 is 0. The van der Waals surface area contributed by atoms with Gasteiger partial charge in [0.2, 0.25) is 0 Å². The fourth-order valence-electron chi connectivity index (χ4n) is 2.00. The second-order valence-electron chi connectivity index (χ2n) is 4.33. The molecule has 2 aromatic carbocycles. The van der Waals surface area contributed by atoms with Gasteiger partial charge < -0.3 is 0 Å². The van der Waals surface area contributed by atoms with E-state index in [1.807, 2.05) is 32.0 Å². The van der Waals surface area contributed by atoms with Crippen LogP contribution in [0.25, 0.3) is 10.8 Å². The molecule has 0 bridgehead atoms. The van der Waals surface area contributed by atoms with Gasteiger partial charge in [-0.25, -0.2) is 0 Å². The Morgan fingerprint density at radius 2 is 1.67 bits per heavy atom. The average molecular weight is 274 g/mol. The third-order valence-corrected chi connectivity index (χ3v) is 3.76. The van der Waals surface area contributed by atoms with Gasteiger partial charge in [0, 0.05) is 5.39 Å². The molecule has 0 spiro atoms. The van der Waals surface area contributed by atoms with Crippen molar-refractivity contribution in [1.29, 1.82) is 0 Å². The summed E-state index contributed by atoms with van der Waals surface area (Å²) in [5.74, 6) is 0.0385. The molecule has 0 saturated carbocycles. The molecule has 2 rings (SSSR count). The zero-order valence-corrected chi connectivity index (χ0v) is 10.5. The Balaban J connectivity index is 0.00000162. The zero-order chi connectivity index (χ0) is 12.6. The van der Waals surface area contributed by atoms with Gasteiger partial charge in [-0.3, -0.25) is 4.55 Å². The summed E-state index contributed by atoms with van der Waals surface area (Å²) in [5, 5.41) is 1.38. The molecular weight excluding hydrogens is 259 g/mol. The molecule has 18 heavy (non-hydrogen) atoms. The van der Waals surface area contributed by atoms with Crippen LogP contribution < -0.4 is 0 Å². The molecule has 2 aromatic rings. The van der Waals surface area contributed by atoms with Crippen LogP contribution >= 0.6 is 0 Å². The Morgan fingerprint density at radius 1 is 1.06 bits per heavy atom. The van der Waals surface area contributed by atoms with Crippen LogP contribution in [-0.4, -0.2) is 42.5 Å². The summed E-state index contributed by atoms with van der Waals surface area (Å²) in [6.45, 7) is 3.80. The third kappa shape index (κ3) is 2.95. The summed E-state index contributed by atoms with van der Waals surface area (Å²) in [7, 11) is -4.21. The Kier molecular flexibility index (Phi) is 4.98. The van der Waals surface area contributed by atoms with E-state index in [1.54, 1.807) is 18.2 Å². The van der Waals surface area contributed by atoms with Crippen LogP contribution in [0.3, 0.4) is 0 Å². The molecule has 0 aromatic heterocycles. The van der Waals surface area contributed by atoms with Crippen LogP contribution in [0, 0.1) is 0 Å². The molecule has 0 fully saturated rings. The monoisotopic (exact) mass is 274 g/mol. The van der Waals surface area contributed by atoms with Crippen LogP contribution in [0.5, 0.6) is 0 Å². The molecule has 5 heteroatoms. The molecular formula is C13H15NaO3S. The van der Waals surface area contributed by atoms with Gasteiger partial charge in [0.05, 0.1) is 0 Å². The second-order valence-corrected chi connectivity index (χ2v) is 5.69. The van der Waals surface area contributed by atoms with Crippen molar-refractivity contribution in [1.82, 2.24) is 0 Å². The molecule has 1 N–H and O–H groups in total. The Hall–Kier alpha value is -0.390. The van der Waals surface area contributed by atoms with Crippen LogP contribution in [0.15, 0.2) is 41.3 Å². The first kappa shape index (κ1) is 15.7. The number of rotatable bonds is 2. The average Bonchev–Trinajstić information content (AvgIpc) is 2.26. The van der Waals surface area contributed by atoms with E-state index in [1.165, 1.54) is 0 Å². The predicted octanol–water partition coefficient (Wildman–Crippen LogP) is 2.56. The quantitative estimate of drug-likeness (QED) is 0.676. The van der Waals surface area contributed by atoms with E-state index in [4.69, 9.17) is 0 Å². The summed E-state index contributed by atoms with van der Waals surface area (Å²) in [6, 6.07) is 10.8. The van der Waals surface area contributed by atoms with Crippen molar-refractivity contribution < 1.29 is 13.0 Å². The SMILES string of the molecule is CC(C)c1ccc2ccccc2c1S(=O)(=O)O.[NaH]. The Morgan fingerprint density at radius 3 is 2.22 bits per heavy atom. The van der Waals surface area contributed by atoms with Crippen LogP contribution in [0.2, 0.25) is 0 Å². The van der Waals surface area contributed by atoms with E-state index in [0.29, 0.717) is 10.9 Å². The topological polar surface area (TPSA) is 54.4 Å². The molecule has 0 radical (unpaired) electrons.